The molecule has 0 aromatic rings. The molecule has 2 saturated heterocycles. The summed E-state index contributed by atoms with van der Waals surface area (Å²) in [6.45, 7) is 8.06. The highest BCUT2D eigenvalue weighted by atomic mass is 16.2. The number of hydrogen-bond acceptors (Lipinski definition) is 6. The molecule has 2 heterocycles. The highest BCUT2D eigenvalue weighted by Gasteiger charge is 2.43. The van der Waals surface area contributed by atoms with E-state index in [1.54, 1.807) is 16.8 Å². The Labute approximate surface area is 242 Å². The zero-order chi connectivity index (χ0) is 29.3. The Morgan fingerprint density at radius 2 is 1.48 bits per heavy atom. The molecular formula is C31H57N5O4. The number of ketones is 1. The predicted molar refractivity (Wildman–Crippen MR) is 160 cm³/mol. The van der Waals surface area contributed by atoms with E-state index in [-0.39, 0.29) is 30.1 Å². The molecular weight excluding hydrogens is 506 g/mol. The van der Waals surface area contributed by atoms with E-state index in [4.69, 9.17) is 5.73 Å². The van der Waals surface area contributed by atoms with Crippen LogP contribution in [-0.2, 0) is 19.2 Å². The van der Waals surface area contributed by atoms with Crippen LogP contribution < -0.4 is 11.1 Å². The minimum absolute atomic E-state index is 0.00873. The molecule has 3 atom stereocenters. The van der Waals surface area contributed by atoms with Gasteiger partial charge in [-0.15, -0.1) is 0 Å². The number of rotatable bonds is 20. The van der Waals surface area contributed by atoms with E-state index in [0.29, 0.717) is 31.7 Å². The summed E-state index contributed by atoms with van der Waals surface area (Å²) < 4.78 is 0. The van der Waals surface area contributed by atoms with Crippen LogP contribution in [0.15, 0.2) is 0 Å². The number of nitrogens with two attached hydrogens (primary N) is 1. The van der Waals surface area contributed by atoms with Crippen molar-refractivity contribution in [3.63, 3.8) is 0 Å². The maximum Gasteiger partial charge on any atom is 0.246 e. The van der Waals surface area contributed by atoms with Crippen molar-refractivity contribution in [2.45, 2.75) is 122 Å². The molecule has 0 saturated carbocycles. The van der Waals surface area contributed by atoms with Gasteiger partial charge in [-0.1, -0.05) is 65.2 Å². The van der Waals surface area contributed by atoms with E-state index in [1.165, 1.54) is 19.3 Å². The highest BCUT2D eigenvalue weighted by molar-refractivity contribution is 5.98. The molecule has 1 unspecified atom stereocenters. The molecule has 0 aromatic heterocycles. The molecule has 40 heavy (non-hydrogen) atoms. The van der Waals surface area contributed by atoms with Crippen molar-refractivity contribution in [3.8, 4) is 0 Å². The van der Waals surface area contributed by atoms with Crippen molar-refractivity contribution in [2.75, 3.05) is 46.3 Å². The van der Waals surface area contributed by atoms with E-state index >= 15 is 0 Å². The lowest BCUT2D eigenvalue weighted by Crippen LogP contribution is -2.63. The van der Waals surface area contributed by atoms with Crippen molar-refractivity contribution in [3.05, 3.63) is 0 Å². The topological polar surface area (TPSA) is 116 Å². The molecule has 0 aliphatic carbocycles. The SMILES string of the molecule is CCC(C)[C@H]1C(=O)N([C@@H](CCCCN)C(=O)CCCCCCCCCCCC(=O)N2CCNCC2)CC(=O)N1C. The summed E-state index contributed by atoms with van der Waals surface area (Å²) in [6.07, 6.45) is 13.8. The fourth-order valence-corrected chi connectivity index (χ4v) is 5.96. The second-order valence-electron chi connectivity index (χ2n) is 11.9. The summed E-state index contributed by atoms with van der Waals surface area (Å²) in [7, 11) is 1.70. The van der Waals surface area contributed by atoms with Crippen LogP contribution in [-0.4, -0.2) is 96.6 Å². The van der Waals surface area contributed by atoms with Crippen molar-refractivity contribution in [1.29, 1.82) is 0 Å². The molecule has 0 spiro atoms. The number of unbranched alkanes of at least 4 members (excludes halogenated alkanes) is 9. The van der Waals surface area contributed by atoms with Crippen LogP contribution in [0.1, 0.15) is 110 Å². The highest BCUT2D eigenvalue weighted by Crippen LogP contribution is 2.25. The van der Waals surface area contributed by atoms with E-state index in [1.807, 2.05) is 18.7 Å². The number of piperazine rings is 2. The van der Waals surface area contributed by atoms with Gasteiger partial charge < -0.3 is 25.8 Å². The van der Waals surface area contributed by atoms with Gasteiger partial charge in [-0.25, -0.2) is 0 Å². The zero-order valence-corrected chi connectivity index (χ0v) is 25.6. The average Bonchev–Trinajstić information content (AvgIpc) is 2.96. The fraction of sp³-hybridized carbons (Fsp3) is 0.871. The maximum atomic E-state index is 13.4. The van der Waals surface area contributed by atoms with Gasteiger partial charge in [-0.05, 0) is 44.6 Å². The Kier molecular flexibility index (Phi) is 16.4. The lowest BCUT2D eigenvalue weighted by molar-refractivity contribution is -0.160. The van der Waals surface area contributed by atoms with Gasteiger partial charge in [0.15, 0.2) is 5.78 Å². The normalized spacial score (nSPS) is 19.7. The number of Topliss-reactive ketones (excluding diaryl/α,β-unsaturated/α-hetero) is 1. The van der Waals surface area contributed by atoms with Crippen LogP contribution >= 0.6 is 0 Å². The van der Waals surface area contributed by atoms with E-state index in [2.05, 4.69) is 5.32 Å². The smallest absolute Gasteiger partial charge is 0.246 e. The summed E-state index contributed by atoms with van der Waals surface area (Å²) in [5, 5.41) is 3.28. The Morgan fingerprint density at radius 3 is 2.05 bits per heavy atom. The number of hydrogen-bond donors (Lipinski definition) is 2. The van der Waals surface area contributed by atoms with Crippen LogP contribution in [0, 0.1) is 5.92 Å². The zero-order valence-electron chi connectivity index (χ0n) is 25.6. The molecule has 2 rings (SSSR count). The number of amides is 3. The fourth-order valence-electron chi connectivity index (χ4n) is 5.96. The number of likely N-dealkylation sites (N-methyl/N-ethyl adjacent to an activating group) is 1. The first-order chi connectivity index (χ1) is 19.3. The first-order valence-electron chi connectivity index (χ1n) is 16.1. The summed E-state index contributed by atoms with van der Waals surface area (Å²) in [4.78, 5) is 56.9. The van der Waals surface area contributed by atoms with E-state index in [0.717, 1.165) is 84.0 Å². The standard InChI is InChI=1S/C31H57N5O4/c1-4-25(2)30-31(40)36(24-29(39)34(30)3)26(16-14-15-19-32)27(37)17-12-10-8-6-5-7-9-11-13-18-28(38)35-22-20-33-21-23-35/h25-26,30,33H,4-24,32H2,1-3H3/t25?,26-,30-/m0/s1. The average molecular weight is 564 g/mol. The lowest BCUT2D eigenvalue weighted by atomic mass is 9.91. The van der Waals surface area contributed by atoms with Gasteiger partial charge in [-0.3, -0.25) is 19.2 Å². The molecule has 2 aliphatic heterocycles. The number of carbonyl (C=O) groups is 4. The van der Waals surface area contributed by atoms with Crippen molar-refractivity contribution in [1.82, 2.24) is 20.0 Å². The Balaban J connectivity index is 1.66. The Hall–Kier alpha value is -2.00. The van der Waals surface area contributed by atoms with Gasteiger partial charge in [0, 0.05) is 46.1 Å². The van der Waals surface area contributed by atoms with Gasteiger partial charge in [0.25, 0.3) is 0 Å². The van der Waals surface area contributed by atoms with Gasteiger partial charge in [-0.2, -0.15) is 0 Å². The minimum Gasteiger partial charge on any atom is -0.340 e. The van der Waals surface area contributed by atoms with Crippen LogP contribution in [0.5, 0.6) is 0 Å². The minimum atomic E-state index is -0.526. The monoisotopic (exact) mass is 563 g/mol. The molecule has 0 radical (unpaired) electrons. The molecule has 9 nitrogen and oxygen atoms in total. The molecule has 2 fully saturated rings. The summed E-state index contributed by atoms with van der Waals surface area (Å²) >= 11 is 0. The van der Waals surface area contributed by atoms with Crippen molar-refractivity contribution < 1.29 is 19.2 Å². The number of carbonyl (C=O) groups excluding carboxylic acids is 4. The molecule has 0 aromatic carbocycles. The quantitative estimate of drug-likeness (QED) is 0.219. The van der Waals surface area contributed by atoms with Crippen LogP contribution in [0.25, 0.3) is 0 Å². The summed E-state index contributed by atoms with van der Waals surface area (Å²) in [5.41, 5.74) is 5.69. The molecule has 3 N–H and O–H groups in total. The first-order valence-corrected chi connectivity index (χ1v) is 16.1. The summed E-state index contributed by atoms with van der Waals surface area (Å²) in [5.74, 6) is 0.254. The second-order valence-corrected chi connectivity index (χ2v) is 11.9. The van der Waals surface area contributed by atoms with E-state index < -0.39 is 12.1 Å². The summed E-state index contributed by atoms with van der Waals surface area (Å²) in [6, 6.07) is -1.02. The molecule has 2 aliphatic rings. The van der Waals surface area contributed by atoms with E-state index in [9.17, 15) is 19.2 Å². The molecule has 3 amide bonds. The van der Waals surface area contributed by atoms with Crippen molar-refractivity contribution >= 4 is 23.5 Å². The lowest BCUT2D eigenvalue weighted by Gasteiger charge is -2.43. The number of nitrogens with one attached hydrogen (secondary N) is 1. The van der Waals surface area contributed by atoms with Gasteiger partial charge in [0.2, 0.25) is 17.7 Å². The van der Waals surface area contributed by atoms with Crippen LogP contribution in [0.3, 0.4) is 0 Å². The number of nitrogens with zero attached hydrogens (tertiary/aromatic N) is 3. The molecule has 230 valence electrons. The Bertz CT molecular complexity index is 786. The van der Waals surface area contributed by atoms with Gasteiger partial charge >= 0.3 is 0 Å². The first kappa shape index (κ1) is 34.2. The third kappa shape index (κ3) is 11.1. The third-order valence-electron chi connectivity index (χ3n) is 8.80. The third-order valence-corrected chi connectivity index (χ3v) is 8.80. The largest absolute Gasteiger partial charge is 0.340 e. The molecule has 9 heteroatoms. The molecule has 0 bridgehead atoms. The van der Waals surface area contributed by atoms with Crippen LogP contribution in [0.4, 0.5) is 0 Å². The second kappa shape index (κ2) is 19.2. The van der Waals surface area contributed by atoms with Gasteiger partial charge in [0.1, 0.15) is 12.6 Å². The predicted octanol–water partition coefficient (Wildman–Crippen LogP) is 3.49. The Morgan fingerprint density at radius 1 is 0.900 bits per heavy atom. The van der Waals surface area contributed by atoms with Crippen molar-refractivity contribution in [2.24, 2.45) is 11.7 Å². The van der Waals surface area contributed by atoms with Gasteiger partial charge in [0.05, 0.1) is 6.04 Å². The van der Waals surface area contributed by atoms with Crippen LogP contribution in [0.2, 0.25) is 0 Å². The maximum absolute atomic E-state index is 13.4.